The number of hydrogen-bond acceptors (Lipinski definition) is 3. The van der Waals surface area contributed by atoms with Crippen LogP contribution in [-0.2, 0) is 0 Å². The zero-order valence-corrected chi connectivity index (χ0v) is 14.4. The molecule has 0 aliphatic carbocycles. The second-order valence-electron chi connectivity index (χ2n) is 5.82. The largest absolute Gasteiger partial charge is 0.496 e. The normalized spacial score (nSPS) is 10.5. The number of amides is 1. The quantitative estimate of drug-likeness (QED) is 0.694. The third-order valence-corrected chi connectivity index (χ3v) is 3.99. The lowest BCUT2D eigenvalue weighted by atomic mass is 10.1. The van der Waals surface area contributed by atoms with Gasteiger partial charge in [-0.05, 0) is 42.0 Å². The molecule has 0 spiro atoms. The van der Waals surface area contributed by atoms with E-state index in [1.807, 2.05) is 67.6 Å². The number of methoxy groups -OCH3 is 1. The van der Waals surface area contributed by atoms with Gasteiger partial charge in [0.15, 0.2) is 0 Å². The number of carbonyl (C=O) groups excluding carboxylic acids is 1. The van der Waals surface area contributed by atoms with E-state index in [0.29, 0.717) is 24.5 Å². The molecule has 0 aliphatic rings. The van der Waals surface area contributed by atoms with Crippen molar-refractivity contribution in [3.8, 4) is 11.5 Å². The van der Waals surface area contributed by atoms with Crippen LogP contribution in [-0.4, -0.2) is 26.2 Å². The number of ether oxygens (including phenoxy) is 2. The lowest BCUT2D eigenvalue weighted by Gasteiger charge is -2.12. The monoisotopic (exact) mass is 335 g/mol. The van der Waals surface area contributed by atoms with Crippen LogP contribution in [0.15, 0.2) is 60.7 Å². The third kappa shape index (κ3) is 4.10. The molecule has 0 aliphatic heterocycles. The van der Waals surface area contributed by atoms with Crippen LogP contribution in [0.3, 0.4) is 0 Å². The Morgan fingerprint density at radius 3 is 2.36 bits per heavy atom. The Kier molecular flexibility index (Phi) is 5.19. The summed E-state index contributed by atoms with van der Waals surface area (Å²) in [6.07, 6.45) is 0. The zero-order valence-electron chi connectivity index (χ0n) is 14.4. The van der Waals surface area contributed by atoms with Crippen molar-refractivity contribution in [1.82, 2.24) is 5.32 Å². The van der Waals surface area contributed by atoms with Crippen LogP contribution < -0.4 is 14.8 Å². The summed E-state index contributed by atoms with van der Waals surface area (Å²) < 4.78 is 11.0. The highest BCUT2D eigenvalue weighted by Gasteiger charge is 2.13. The van der Waals surface area contributed by atoms with Crippen LogP contribution >= 0.6 is 0 Å². The minimum Gasteiger partial charge on any atom is -0.496 e. The summed E-state index contributed by atoms with van der Waals surface area (Å²) in [6, 6.07) is 19.4. The highest BCUT2D eigenvalue weighted by atomic mass is 16.5. The first-order valence-corrected chi connectivity index (χ1v) is 8.22. The van der Waals surface area contributed by atoms with E-state index in [2.05, 4.69) is 5.32 Å². The Labute approximate surface area is 147 Å². The van der Waals surface area contributed by atoms with Crippen LogP contribution in [0, 0.1) is 6.92 Å². The van der Waals surface area contributed by atoms with Gasteiger partial charge in [0.1, 0.15) is 18.1 Å². The molecular weight excluding hydrogens is 314 g/mol. The summed E-state index contributed by atoms with van der Waals surface area (Å²) >= 11 is 0. The van der Waals surface area contributed by atoms with Gasteiger partial charge in [-0.25, -0.2) is 0 Å². The number of benzene rings is 3. The molecule has 0 heterocycles. The van der Waals surface area contributed by atoms with Gasteiger partial charge in [0.25, 0.3) is 5.91 Å². The predicted molar refractivity (Wildman–Crippen MR) is 99.5 cm³/mol. The van der Waals surface area contributed by atoms with Crippen molar-refractivity contribution < 1.29 is 14.3 Å². The fourth-order valence-corrected chi connectivity index (χ4v) is 2.63. The topological polar surface area (TPSA) is 47.6 Å². The van der Waals surface area contributed by atoms with E-state index in [1.54, 1.807) is 7.11 Å². The molecule has 0 fully saturated rings. The van der Waals surface area contributed by atoms with Crippen molar-refractivity contribution >= 4 is 16.7 Å². The molecule has 0 atom stereocenters. The lowest BCUT2D eigenvalue weighted by Crippen LogP contribution is -2.28. The van der Waals surface area contributed by atoms with E-state index in [9.17, 15) is 4.79 Å². The van der Waals surface area contributed by atoms with E-state index in [1.165, 1.54) is 5.56 Å². The fourth-order valence-electron chi connectivity index (χ4n) is 2.63. The number of nitrogens with one attached hydrogen (secondary N) is 1. The Morgan fingerprint density at radius 2 is 1.68 bits per heavy atom. The minimum atomic E-state index is -0.171. The van der Waals surface area contributed by atoms with Gasteiger partial charge < -0.3 is 14.8 Å². The van der Waals surface area contributed by atoms with Crippen molar-refractivity contribution in [3.63, 3.8) is 0 Å². The average Bonchev–Trinajstić information content (AvgIpc) is 2.65. The van der Waals surface area contributed by atoms with Crippen molar-refractivity contribution in [2.24, 2.45) is 0 Å². The third-order valence-electron chi connectivity index (χ3n) is 3.99. The van der Waals surface area contributed by atoms with Gasteiger partial charge in [-0.3, -0.25) is 4.79 Å². The maximum atomic E-state index is 12.5. The maximum Gasteiger partial charge on any atom is 0.255 e. The van der Waals surface area contributed by atoms with Crippen molar-refractivity contribution in [1.29, 1.82) is 0 Å². The first-order chi connectivity index (χ1) is 12.2. The fraction of sp³-hybridized carbons (Fsp3) is 0.190. The number of aryl methyl sites for hydroxylation is 1. The van der Waals surface area contributed by atoms with E-state index in [0.717, 1.165) is 16.5 Å². The Balaban J connectivity index is 1.62. The summed E-state index contributed by atoms with van der Waals surface area (Å²) in [5.41, 5.74) is 1.71. The summed E-state index contributed by atoms with van der Waals surface area (Å²) in [6.45, 7) is 2.86. The Hall–Kier alpha value is -3.01. The van der Waals surface area contributed by atoms with Crippen molar-refractivity contribution in [2.75, 3.05) is 20.3 Å². The molecule has 0 radical (unpaired) electrons. The van der Waals surface area contributed by atoms with Crippen LogP contribution in [0.25, 0.3) is 10.8 Å². The second kappa shape index (κ2) is 7.71. The highest BCUT2D eigenvalue weighted by molar-refractivity contribution is 6.01. The Bertz CT molecular complexity index is 872. The molecule has 128 valence electrons. The molecule has 3 aromatic rings. The molecule has 3 aromatic carbocycles. The van der Waals surface area contributed by atoms with Gasteiger partial charge in [0, 0.05) is 0 Å². The first kappa shape index (κ1) is 16.8. The number of hydrogen-bond donors (Lipinski definition) is 1. The van der Waals surface area contributed by atoms with Gasteiger partial charge in [-0.1, -0.05) is 42.0 Å². The van der Waals surface area contributed by atoms with Crippen LogP contribution in [0.2, 0.25) is 0 Å². The number of fused-ring (bicyclic) bond motifs is 1. The molecule has 1 N–H and O–H groups in total. The van der Waals surface area contributed by atoms with E-state index in [-0.39, 0.29) is 5.91 Å². The van der Waals surface area contributed by atoms with Gasteiger partial charge in [-0.15, -0.1) is 0 Å². The Morgan fingerprint density at radius 1 is 1.00 bits per heavy atom. The van der Waals surface area contributed by atoms with Crippen molar-refractivity contribution in [2.45, 2.75) is 6.92 Å². The predicted octanol–water partition coefficient (Wildman–Crippen LogP) is 3.97. The van der Waals surface area contributed by atoms with E-state index < -0.39 is 0 Å². The molecule has 0 saturated carbocycles. The van der Waals surface area contributed by atoms with Gasteiger partial charge in [0.05, 0.1) is 19.2 Å². The molecule has 4 nitrogen and oxygen atoms in total. The molecule has 25 heavy (non-hydrogen) atoms. The molecule has 0 bridgehead atoms. The van der Waals surface area contributed by atoms with Crippen LogP contribution in [0.4, 0.5) is 0 Å². The average molecular weight is 335 g/mol. The summed E-state index contributed by atoms with van der Waals surface area (Å²) in [7, 11) is 1.57. The summed E-state index contributed by atoms with van der Waals surface area (Å²) in [5, 5.41) is 4.92. The van der Waals surface area contributed by atoms with Gasteiger partial charge in [-0.2, -0.15) is 0 Å². The molecule has 4 heteroatoms. The smallest absolute Gasteiger partial charge is 0.255 e. The standard InChI is InChI=1S/C21H21NO3/c1-15-7-9-18(10-8-15)25-12-11-22-21(23)19-13-16-5-3-4-6-17(16)14-20(19)24-2/h3-10,13-14H,11-12H2,1-2H3,(H,22,23). The van der Waals surface area contributed by atoms with E-state index in [4.69, 9.17) is 9.47 Å². The van der Waals surface area contributed by atoms with Crippen LogP contribution in [0.5, 0.6) is 11.5 Å². The zero-order chi connectivity index (χ0) is 17.6. The van der Waals surface area contributed by atoms with Gasteiger partial charge >= 0.3 is 0 Å². The molecule has 0 unspecified atom stereocenters. The number of rotatable bonds is 6. The van der Waals surface area contributed by atoms with Crippen LogP contribution in [0.1, 0.15) is 15.9 Å². The van der Waals surface area contributed by atoms with E-state index >= 15 is 0 Å². The SMILES string of the molecule is COc1cc2ccccc2cc1C(=O)NCCOc1ccc(C)cc1. The van der Waals surface area contributed by atoms with Gasteiger partial charge in [0.2, 0.25) is 0 Å². The molecular formula is C21H21NO3. The first-order valence-electron chi connectivity index (χ1n) is 8.22. The molecule has 1 amide bonds. The highest BCUT2D eigenvalue weighted by Crippen LogP contribution is 2.25. The molecule has 0 aromatic heterocycles. The molecule has 0 saturated heterocycles. The summed E-state index contributed by atoms with van der Waals surface area (Å²) in [5.74, 6) is 1.19. The summed E-state index contributed by atoms with van der Waals surface area (Å²) in [4.78, 5) is 12.5. The lowest BCUT2D eigenvalue weighted by molar-refractivity contribution is 0.0944. The minimum absolute atomic E-state index is 0.171. The second-order valence-corrected chi connectivity index (χ2v) is 5.82. The maximum absolute atomic E-state index is 12.5. The molecule has 3 rings (SSSR count). The van der Waals surface area contributed by atoms with Crippen molar-refractivity contribution in [3.05, 3.63) is 71.8 Å². The number of carbonyl (C=O) groups is 1.